The molecule has 1 rings (SSSR count). The molecule has 0 spiro atoms. The Labute approximate surface area is 295 Å². The first-order chi connectivity index (χ1) is 23.7. The van der Waals surface area contributed by atoms with Gasteiger partial charge in [-0.05, 0) is 64.1 Å². The molecule has 1 heterocycles. The van der Waals surface area contributed by atoms with Gasteiger partial charge in [0.15, 0.2) is 0 Å². The van der Waals surface area contributed by atoms with Crippen LogP contribution in [0, 0.1) is 17.8 Å². The summed E-state index contributed by atoms with van der Waals surface area (Å²) in [6.45, 7) is 9.24. The maximum atomic E-state index is 13.4. The predicted molar refractivity (Wildman–Crippen MR) is 185 cm³/mol. The standard InChI is InChI=1S/C33H53N7O9S/c1-6-16-40(17-7-2)18-12-11-14-26(31(45)34-21-28(42)37-23-49-22-29(43)44)38-32(46)30(24(3)4)39-27(41)15-10-8-9-13-25-19-35-33(36-20-25)50(5,47)48/h19-20,24,26,30H,6-8,10-12,14-18,21-23H2,1-5H3,(H,34,45)(H,37,42)(H,38,46)(H,39,41)(H,43,44)/t26-,30-/m0/s1. The Bertz CT molecular complexity index is 1400. The second-order valence-electron chi connectivity index (χ2n) is 12.1. The minimum Gasteiger partial charge on any atom is -0.480 e. The minimum absolute atomic E-state index is 0.0932. The highest BCUT2D eigenvalue weighted by molar-refractivity contribution is 7.90. The number of amides is 4. The molecule has 5 N–H and O–H groups in total. The molecule has 280 valence electrons. The van der Waals surface area contributed by atoms with Crippen LogP contribution in [0.3, 0.4) is 0 Å². The van der Waals surface area contributed by atoms with Gasteiger partial charge in [-0.25, -0.2) is 23.2 Å². The topological polar surface area (TPSA) is 226 Å². The van der Waals surface area contributed by atoms with Crippen molar-refractivity contribution in [1.29, 1.82) is 0 Å². The molecule has 2 atom stereocenters. The van der Waals surface area contributed by atoms with E-state index in [0.29, 0.717) is 31.2 Å². The molecular formula is C33H53N7O9S. The van der Waals surface area contributed by atoms with E-state index in [0.717, 1.165) is 45.2 Å². The number of rotatable bonds is 24. The van der Waals surface area contributed by atoms with Gasteiger partial charge in [-0.15, -0.1) is 0 Å². The van der Waals surface area contributed by atoms with Gasteiger partial charge in [0.1, 0.15) is 25.4 Å². The monoisotopic (exact) mass is 723 g/mol. The van der Waals surface area contributed by atoms with Crippen molar-refractivity contribution in [1.82, 2.24) is 36.1 Å². The predicted octanol–water partition coefficient (Wildman–Crippen LogP) is 0.611. The number of unbranched alkanes of at least 4 members (excludes halogenated alkanes) is 2. The third-order valence-electron chi connectivity index (χ3n) is 7.11. The number of carboxylic acid groups (broad SMARTS) is 1. The number of carboxylic acids is 1. The number of nitrogens with zero attached hydrogens (tertiary/aromatic N) is 3. The Kier molecular flexibility index (Phi) is 21.1. The lowest BCUT2D eigenvalue weighted by atomic mass is 10.0. The van der Waals surface area contributed by atoms with Gasteiger partial charge in [-0.3, -0.25) is 19.2 Å². The van der Waals surface area contributed by atoms with Crippen LogP contribution in [0.25, 0.3) is 0 Å². The number of aliphatic carboxylic acids is 1. The van der Waals surface area contributed by atoms with Crippen LogP contribution in [-0.2, 0) is 38.5 Å². The zero-order chi connectivity index (χ0) is 37.5. The molecule has 50 heavy (non-hydrogen) atoms. The number of nitrogens with one attached hydrogen (secondary N) is 4. The summed E-state index contributed by atoms with van der Waals surface area (Å²) in [5.41, 5.74) is 0.432. The molecule has 4 amide bonds. The van der Waals surface area contributed by atoms with E-state index in [-0.39, 0.29) is 30.1 Å². The quantitative estimate of drug-likeness (QED) is 0.0428. The van der Waals surface area contributed by atoms with Crippen molar-refractivity contribution < 1.29 is 42.2 Å². The van der Waals surface area contributed by atoms with E-state index in [2.05, 4.69) is 61.8 Å². The minimum atomic E-state index is -3.51. The average molecular weight is 724 g/mol. The second-order valence-corrected chi connectivity index (χ2v) is 14.0. The van der Waals surface area contributed by atoms with E-state index in [1.807, 2.05) is 0 Å². The van der Waals surface area contributed by atoms with E-state index in [1.165, 1.54) is 12.4 Å². The van der Waals surface area contributed by atoms with Crippen LogP contribution in [0.2, 0.25) is 0 Å². The van der Waals surface area contributed by atoms with Crippen LogP contribution in [-0.4, -0.2) is 116 Å². The van der Waals surface area contributed by atoms with Gasteiger partial charge in [0.25, 0.3) is 0 Å². The van der Waals surface area contributed by atoms with E-state index < -0.39 is 58.8 Å². The summed E-state index contributed by atoms with van der Waals surface area (Å²) >= 11 is 0. The molecule has 0 unspecified atom stereocenters. The molecule has 0 saturated heterocycles. The number of hydrogen-bond donors (Lipinski definition) is 5. The Morgan fingerprint density at radius 2 is 1.58 bits per heavy atom. The van der Waals surface area contributed by atoms with Crippen molar-refractivity contribution in [2.45, 2.75) is 96.3 Å². The normalized spacial score (nSPS) is 12.4. The van der Waals surface area contributed by atoms with Crippen LogP contribution in [0.4, 0.5) is 0 Å². The SMILES string of the molecule is CCCN(CCC)CCCC[C@H](NC(=O)[C@@H](NC(=O)CCCC#Cc1cnc(S(C)(=O)=O)nc1)C(C)C)C(=O)NCC(=O)NCOCC(=O)O. The summed E-state index contributed by atoms with van der Waals surface area (Å²) in [6, 6.07) is -1.89. The number of carbonyl (C=O) groups is 5. The molecule has 0 aliphatic heterocycles. The molecule has 0 bridgehead atoms. The van der Waals surface area contributed by atoms with E-state index in [4.69, 9.17) is 9.84 Å². The maximum Gasteiger partial charge on any atom is 0.329 e. The van der Waals surface area contributed by atoms with Crippen molar-refractivity contribution in [3.05, 3.63) is 18.0 Å². The number of hydrogen-bond acceptors (Lipinski definition) is 11. The van der Waals surface area contributed by atoms with Crippen LogP contribution in [0.1, 0.15) is 84.6 Å². The van der Waals surface area contributed by atoms with E-state index >= 15 is 0 Å². The molecule has 17 heteroatoms. The van der Waals surface area contributed by atoms with Gasteiger partial charge in [0.2, 0.25) is 38.6 Å². The van der Waals surface area contributed by atoms with Crippen LogP contribution < -0.4 is 21.3 Å². The smallest absolute Gasteiger partial charge is 0.329 e. The summed E-state index contributed by atoms with van der Waals surface area (Å²) in [7, 11) is -3.51. The van der Waals surface area contributed by atoms with Crippen molar-refractivity contribution in [3.8, 4) is 11.8 Å². The number of sulfone groups is 1. The lowest BCUT2D eigenvalue weighted by molar-refractivity contribution is -0.143. The molecule has 0 radical (unpaired) electrons. The number of aromatic nitrogens is 2. The zero-order valence-corrected chi connectivity index (χ0v) is 30.6. The van der Waals surface area contributed by atoms with Crippen molar-refractivity contribution in [2.75, 3.05) is 45.8 Å². The highest BCUT2D eigenvalue weighted by atomic mass is 32.2. The summed E-state index contributed by atoms with van der Waals surface area (Å²) < 4.78 is 27.7. The highest BCUT2D eigenvalue weighted by Crippen LogP contribution is 2.09. The maximum absolute atomic E-state index is 13.4. The first-order valence-corrected chi connectivity index (χ1v) is 18.7. The van der Waals surface area contributed by atoms with Crippen LogP contribution >= 0.6 is 0 Å². The molecule has 0 aromatic carbocycles. The molecule has 0 fully saturated rings. The Morgan fingerprint density at radius 1 is 0.920 bits per heavy atom. The fraction of sp³-hybridized carbons (Fsp3) is 0.667. The number of carbonyl (C=O) groups excluding carboxylic acids is 4. The van der Waals surface area contributed by atoms with E-state index in [9.17, 15) is 32.4 Å². The first-order valence-electron chi connectivity index (χ1n) is 16.8. The summed E-state index contributed by atoms with van der Waals surface area (Å²) in [5, 5.41) is 18.7. The first kappa shape index (κ1) is 43.9. The molecule has 0 saturated carbocycles. The average Bonchev–Trinajstić information content (AvgIpc) is 3.05. The molecule has 0 aliphatic carbocycles. The van der Waals surface area contributed by atoms with Gasteiger partial charge in [0, 0.05) is 31.5 Å². The van der Waals surface area contributed by atoms with Gasteiger partial charge < -0.3 is 36.0 Å². The molecule has 0 aliphatic rings. The van der Waals surface area contributed by atoms with Gasteiger partial charge in [-0.1, -0.05) is 39.5 Å². The summed E-state index contributed by atoms with van der Waals surface area (Å²) in [4.78, 5) is 71.9. The van der Waals surface area contributed by atoms with Gasteiger partial charge in [-0.2, -0.15) is 0 Å². The van der Waals surface area contributed by atoms with Gasteiger partial charge in [0.05, 0.1) is 12.1 Å². The Balaban J connectivity index is 2.79. The van der Waals surface area contributed by atoms with Crippen LogP contribution in [0.15, 0.2) is 17.6 Å². The largest absolute Gasteiger partial charge is 0.480 e. The molecular weight excluding hydrogens is 670 g/mol. The Morgan fingerprint density at radius 3 is 2.16 bits per heavy atom. The Hall–Kier alpha value is -4.14. The van der Waals surface area contributed by atoms with E-state index in [1.54, 1.807) is 13.8 Å². The summed E-state index contributed by atoms with van der Waals surface area (Å²) in [5.74, 6) is 2.16. The van der Waals surface area contributed by atoms with Crippen LogP contribution in [0.5, 0.6) is 0 Å². The van der Waals surface area contributed by atoms with Crippen molar-refractivity contribution in [2.24, 2.45) is 5.92 Å². The third kappa shape index (κ3) is 19.2. The number of ether oxygens (including phenoxy) is 1. The third-order valence-corrected chi connectivity index (χ3v) is 7.99. The second kappa shape index (κ2) is 24.1. The molecule has 1 aromatic heterocycles. The lowest BCUT2D eigenvalue weighted by Gasteiger charge is -2.26. The summed E-state index contributed by atoms with van der Waals surface area (Å²) in [6.07, 6.45) is 8.27. The molecule has 1 aromatic rings. The fourth-order valence-corrected chi connectivity index (χ4v) is 5.15. The van der Waals surface area contributed by atoms with Crippen molar-refractivity contribution in [3.63, 3.8) is 0 Å². The lowest BCUT2D eigenvalue weighted by Crippen LogP contribution is -2.56. The molecule has 16 nitrogen and oxygen atoms in total. The van der Waals surface area contributed by atoms with Crippen molar-refractivity contribution >= 4 is 39.4 Å². The highest BCUT2D eigenvalue weighted by Gasteiger charge is 2.29. The zero-order valence-electron chi connectivity index (χ0n) is 29.7. The van der Waals surface area contributed by atoms with Gasteiger partial charge >= 0.3 is 5.97 Å². The fourth-order valence-electron chi connectivity index (χ4n) is 4.66.